The average molecular weight is 350 g/mol. The van der Waals surface area contributed by atoms with E-state index in [0.717, 1.165) is 26.3 Å². The van der Waals surface area contributed by atoms with Crippen molar-refractivity contribution in [1.82, 2.24) is 10.2 Å². The van der Waals surface area contributed by atoms with Gasteiger partial charge in [-0.3, -0.25) is 9.69 Å². The van der Waals surface area contributed by atoms with Crippen LogP contribution in [0, 0.1) is 0 Å². The molecule has 0 aromatic heterocycles. The third-order valence-corrected chi connectivity index (χ3v) is 3.55. The minimum atomic E-state index is -0.476. The Bertz CT molecular complexity index is 426. The molecule has 1 amide bonds. The van der Waals surface area contributed by atoms with Gasteiger partial charge in [0.1, 0.15) is 0 Å². The zero-order valence-electron chi connectivity index (χ0n) is 12.7. The maximum Gasteiger partial charge on any atom is 0.236 e. The lowest BCUT2D eigenvalue weighted by Gasteiger charge is -2.35. The first kappa shape index (κ1) is 21.1. The SMILES string of the molecule is C[C@@H](N)C(=O)NCC(c1ccccc1)N1CCOCC1.Cl.Cl. The molecule has 0 saturated carbocycles. The van der Waals surface area contributed by atoms with E-state index in [4.69, 9.17) is 10.5 Å². The van der Waals surface area contributed by atoms with Crippen LogP contribution in [-0.4, -0.2) is 49.7 Å². The molecule has 126 valence electrons. The smallest absolute Gasteiger partial charge is 0.236 e. The summed E-state index contributed by atoms with van der Waals surface area (Å²) < 4.78 is 5.40. The summed E-state index contributed by atoms with van der Waals surface area (Å²) in [7, 11) is 0. The summed E-state index contributed by atoms with van der Waals surface area (Å²) in [5.41, 5.74) is 6.80. The van der Waals surface area contributed by atoms with E-state index in [0.29, 0.717) is 6.54 Å². The van der Waals surface area contributed by atoms with Crippen molar-refractivity contribution in [2.24, 2.45) is 5.73 Å². The molecule has 1 heterocycles. The van der Waals surface area contributed by atoms with E-state index in [-0.39, 0.29) is 36.8 Å². The van der Waals surface area contributed by atoms with Crippen LogP contribution in [-0.2, 0) is 9.53 Å². The van der Waals surface area contributed by atoms with E-state index in [2.05, 4.69) is 22.3 Å². The Morgan fingerprint density at radius 2 is 1.86 bits per heavy atom. The lowest BCUT2D eigenvalue weighted by Crippen LogP contribution is -2.46. The molecule has 2 rings (SSSR count). The lowest BCUT2D eigenvalue weighted by molar-refractivity contribution is -0.122. The molecule has 5 nitrogen and oxygen atoms in total. The number of hydrogen-bond acceptors (Lipinski definition) is 4. The highest BCUT2D eigenvalue weighted by molar-refractivity contribution is 5.85. The van der Waals surface area contributed by atoms with Crippen molar-refractivity contribution < 1.29 is 9.53 Å². The van der Waals surface area contributed by atoms with Gasteiger partial charge < -0.3 is 15.8 Å². The highest BCUT2D eigenvalue weighted by Crippen LogP contribution is 2.20. The molecule has 1 fully saturated rings. The normalized spacial score (nSPS) is 17.5. The van der Waals surface area contributed by atoms with Crippen molar-refractivity contribution in [1.29, 1.82) is 0 Å². The van der Waals surface area contributed by atoms with Crippen LogP contribution >= 0.6 is 24.8 Å². The summed E-state index contributed by atoms with van der Waals surface area (Å²) in [6, 6.07) is 9.93. The Morgan fingerprint density at radius 3 is 2.41 bits per heavy atom. The number of rotatable bonds is 5. The Hall–Kier alpha value is -0.850. The van der Waals surface area contributed by atoms with Crippen molar-refractivity contribution >= 4 is 30.7 Å². The van der Waals surface area contributed by atoms with Gasteiger partial charge in [-0.2, -0.15) is 0 Å². The minimum absolute atomic E-state index is 0. The minimum Gasteiger partial charge on any atom is -0.379 e. The second-order valence-electron chi connectivity index (χ2n) is 5.11. The first-order valence-corrected chi connectivity index (χ1v) is 7.08. The summed E-state index contributed by atoms with van der Waals surface area (Å²) in [6.45, 7) is 5.52. The molecular formula is C15H25Cl2N3O2. The first-order chi connectivity index (χ1) is 9.68. The van der Waals surface area contributed by atoms with E-state index in [1.165, 1.54) is 5.56 Å². The van der Waals surface area contributed by atoms with Crippen molar-refractivity contribution in [2.45, 2.75) is 19.0 Å². The molecule has 1 aromatic rings. The van der Waals surface area contributed by atoms with Gasteiger partial charge >= 0.3 is 0 Å². The number of nitrogens with two attached hydrogens (primary N) is 1. The van der Waals surface area contributed by atoms with Gasteiger partial charge in [0.05, 0.1) is 25.3 Å². The van der Waals surface area contributed by atoms with E-state index in [9.17, 15) is 4.79 Å². The maximum absolute atomic E-state index is 11.7. The van der Waals surface area contributed by atoms with Gasteiger partial charge in [0.2, 0.25) is 5.91 Å². The standard InChI is InChI=1S/C15H23N3O2.2ClH/c1-12(16)15(19)17-11-14(13-5-3-2-4-6-13)18-7-9-20-10-8-18;;/h2-6,12,14H,7-11,16H2,1H3,(H,17,19);2*1H/t12-,14?;;/m1../s1. The molecule has 0 spiro atoms. The van der Waals surface area contributed by atoms with Crippen LogP contribution in [0.5, 0.6) is 0 Å². The number of morpholine rings is 1. The maximum atomic E-state index is 11.7. The lowest BCUT2D eigenvalue weighted by atomic mass is 10.0. The molecule has 1 aliphatic rings. The zero-order chi connectivity index (χ0) is 14.4. The predicted octanol–water partition coefficient (Wildman–Crippen LogP) is 1.37. The molecule has 1 unspecified atom stereocenters. The third-order valence-electron chi connectivity index (χ3n) is 3.55. The predicted molar refractivity (Wildman–Crippen MR) is 92.7 cm³/mol. The second kappa shape index (κ2) is 10.8. The molecule has 2 atom stereocenters. The van der Waals surface area contributed by atoms with Crippen LogP contribution in [0.2, 0.25) is 0 Å². The van der Waals surface area contributed by atoms with Crippen LogP contribution in [0.15, 0.2) is 30.3 Å². The summed E-state index contributed by atoms with van der Waals surface area (Å²) >= 11 is 0. The van der Waals surface area contributed by atoms with E-state index >= 15 is 0 Å². The number of nitrogens with zero attached hydrogens (tertiary/aromatic N) is 1. The van der Waals surface area contributed by atoms with Crippen molar-refractivity contribution in [3.63, 3.8) is 0 Å². The Kier molecular flexibility index (Phi) is 10.4. The summed E-state index contributed by atoms with van der Waals surface area (Å²) in [6.07, 6.45) is 0. The molecule has 3 N–H and O–H groups in total. The number of hydrogen-bond donors (Lipinski definition) is 2. The summed E-state index contributed by atoms with van der Waals surface area (Å²) in [4.78, 5) is 14.0. The van der Waals surface area contributed by atoms with Crippen LogP contribution in [0.25, 0.3) is 0 Å². The molecular weight excluding hydrogens is 325 g/mol. The summed E-state index contributed by atoms with van der Waals surface area (Å²) in [5.74, 6) is -0.112. The molecule has 1 aromatic carbocycles. The van der Waals surface area contributed by atoms with Crippen LogP contribution in [0.4, 0.5) is 0 Å². The Morgan fingerprint density at radius 1 is 1.27 bits per heavy atom. The number of amides is 1. The number of nitrogens with one attached hydrogen (secondary N) is 1. The molecule has 1 saturated heterocycles. The fourth-order valence-electron chi connectivity index (χ4n) is 2.38. The van der Waals surface area contributed by atoms with Gasteiger partial charge in [-0.15, -0.1) is 24.8 Å². The number of benzene rings is 1. The molecule has 0 radical (unpaired) electrons. The van der Waals surface area contributed by atoms with Crippen LogP contribution in [0.3, 0.4) is 0 Å². The van der Waals surface area contributed by atoms with Gasteiger partial charge in [-0.05, 0) is 12.5 Å². The topological polar surface area (TPSA) is 67.6 Å². The molecule has 22 heavy (non-hydrogen) atoms. The molecule has 0 bridgehead atoms. The fourth-order valence-corrected chi connectivity index (χ4v) is 2.38. The summed E-state index contributed by atoms with van der Waals surface area (Å²) in [5, 5.41) is 2.93. The number of carbonyl (C=O) groups excluding carboxylic acids is 1. The number of carbonyl (C=O) groups is 1. The van der Waals surface area contributed by atoms with Crippen LogP contribution in [0.1, 0.15) is 18.5 Å². The number of halogens is 2. The van der Waals surface area contributed by atoms with Crippen molar-refractivity contribution in [3.05, 3.63) is 35.9 Å². The zero-order valence-corrected chi connectivity index (χ0v) is 14.4. The first-order valence-electron chi connectivity index (χ1n) is 7.08. The quantitative estimate of drug-likeness (QED) is 0.842. The Balaban J connectivity index is 0.00000220. The third kappa shape index (κ3) is 6.10. The molecule has 1 aliphatic heterocycles. The van der Waals surface area contributed by atoms with Gasteiger partial charge in [0.15, 0.2) is 0 Å². The average Bonchev–Trinajstić information content (AvgIpc) is 2.49. The molecule has 0 aliphatic carbocycles. The highest BCUT2D eigenvalue weighted by Gasteiger charge is 2.23. The second-order valence-corrected chi connectivity index (χ2v) is 5.11. The fraction of sp³-hybridized carbons (Fsp3) is 0.533. The van der Waals surface area contributed by atoms with Gasteiger partial charge in [-0.1, -0.05) is 30.3 Å². The van der Waals surface area contributed by atoms with E-state index in [1.54, 1.807) is 6.92 Å². The van der Waals surface area contributed by atoms with Crippen molar-refractivity contribution in [3.8, 4) is 0 Å². The van der Waals surface area contributed by atoms with Gasteiger partial charge in [-0.25, -0.2) is 0 Å². The van der Waals surface area contributed by atoms with E-state index < -0.39 is 6.04 Å². The Labute approximate surface area is 144 Å². The largest absolute Gasteiger partial charge is 0.379 e. The highest BCUT2D eigenvalue weighted by atomic mass is 35.5. The van der Waals surface area contributed by atoms with E-state index in [1.807, 2.05) is 18.2 Å². The number of ether oxygens (including phenoxy) is 1. The van der Waals surface area contributed by atoms with Gasteiger partial charge in [0.25, 0.3) is 0 Å². The van der Waals surface area contributed by atoms with Gasteiger partial charge in [0, 0.05) is 19.6 Å². The monoisotopic (exact) mass is 349 g/mol. The molecule has 7 heteroatoms. The van der Waals surface area contributed by atoms with Crippen LogP contribution < -0.4 is 11.1 Å². The van der Waals surface area contributed by atoms with Crippen molar-refractivity contribution in [2.75, 3.05) is 32.8 Å².